The van der Waals surface area contributed by atoms with Crippen molar-refractivity contribution in [3.63, 3.8) is 0 Å². The van der Waals surface area contributed by atoms with E-state index < -0.39 is 68.0 Å². The lowest BCUT2D eigenvalue weighted by atomic mass is 9.97. The lowest BCUT2D eigenvalue weighted by Gasteiger charge is -2.44. The van der Waals surface area contributed by atoms with Crippen LogP contribution in [0.5, 0.6) is 0 Å². The minimum atomic E-state index is -1.70. The first kappa shape index (κ1) is 17.9. The summed E-state index contributed by atoms with van der Waals surface area (Å²) in [4.78, 5) is 0. The van der Waals surface area contributed by atoms with Gasteiger partial charge in [-0.15, -0.1) is 0 Å². The van der Waals surface area contributed by atoms with Crippen LogP contribution in [0.25, 0.3) is 0 Å². The molecule has 2 fully saturated rings. The van der Waals surface area contributed by atoms with E-state index in [1.165, 1.54) is 6.92 Å². The summed E-state index contributed by atoms with van der Waals surface area (Å²) in [5, 5.41) is 67.3. The predicted molar refractivity (Wildman–Crippen MR) is 67.2 cm³/mol. The third-order valence-electron chi connectivity index (χ3n) is 3.94. The molecule has 0 aromatic carbocycles. The molecule has 0 bridgehead atoms. The van der Waals surface area contributed by atoms with Crippen LogP contribution in [0.15, 0.2) is 0 Å². The zero-order valence-corrected chi connectivity index (χ0v) is 11.8. The van der Waals surface area contributed by atoms with Gasteiger partial charge in [-0.3, -0.25) is 0 Å². The SMILES string of the molecule is C[C@@H]1O[C@@H](O[C@@H]2[C@H](O)[C@@H](O)C(O)O[C@@H]2CO)[C@@H](O)[C@H](O)[C@@H]1O. The van der Waals surface area contributed by atoms with E-state index in [0.717, 1.165) is 0 Å². The van der Waals surface area contributed by atoms with Crippen molar-refractivity contribution < 1.29 is 50.0 Å². The molecule has 7 N–H and O–H groups in total. The summed E-state index contributed by atoms with van der Waals surface area (Å²) in [5.41, 5.74) is 0. The molecule has 1 unspecified atom stereocenters. The molecule has 0 aliphatic carbocycles. The van der Waals surface area contributed by atoms with Crippen molar-refractivity contribution in [1.29, 1.82) is 0 Å². The molecule has 0 radical (unpaired) electrons. The summed E-state index contributed by atoms with van der Waals surface area (Å²) in [6.07, 6.45) is -14.2. The molecule has 130 valence electrons. The number of aliphatic hydroxyl groups is 7. The van der Waals surface area contributed by atoms with E-state index in [0.29, 0.717) is 0 Å². The fraction of sp³-hybridized carbons (Fsp3) is 1.00. The first-order valence-corrected chi connectivity index (χ1v) is 6.93. The predicted octanol–water partition coefficient (Wildman–Crippen LogP) is -4.37. The lowest BCUT2D eigenvalue weighted by molar-refractivity contribution is -0.352. The van der Waals surface area contributed by atoms with Gasteiger partial charge in [-0.1, -0.05) is 0 Å². The van der Waals surface area contributed by atoms with Gasteiger partial charge in [0.25, 0.3) is 0 Å². The minimum absolute atomic E-state index is 0.630. The first-order valence-electron chi connectivity index (χ1n) is 6.93. The maximum atomic E-state index is 9.93. The van der Waals surface area contributed by atoms with Gasteiger partial charge in [0.05, 0.1) is 12.7 Å². The highest BCUT2D eigenvalue weighted by atomic mass is 16.7. The van der Waals surface area contributed by atoms with Crippen LogP contribution in [0.2, 0.25) is 0 Å². The zero-order valence-electron chi connectivity index (χ0n) is 11.8. The number of hydrogen-bond donors (Lipinski definition) is 7. The summed E-state index contributed by atoms with van der Waals surface area (Å²) in [6, 6.07) is 0. The van der Waals surface area contributed by atoms with Crippen molar-refractivity contribution in [2.45, 2.75) is 68.3 Å². The number of rotatable bonds is 3. The maximum absolute atomic E-state index is 9.93. The largest absolute Gasteiger partial charge is 0.394 e. The Morgan fingerprint density at radius 2 is 1.45 bits per heavy atom. The maximum Gasteiger partial charge on any atom is 0.187 e. The number of ether oxygens (including phenoxy) is 3. The molecule has 0 spiro atoms. The van der Waals surface area contributed by atoms with E-state index in [-0.39, 0.29) is 0 Å². The summed E-state index contributed by atoms with van der Waals surface area (Å²) in [5.74, 6) is 0. The second-order valence-corrected chi connectivity index (χ2v) is 5.51. The monoisotopic (exact) mass is 326 g/mol. The van der Waals surface area contributed by atoms with Crippen molar-refractivity contribution >= 4 is 0 Å². The highest BCUT2D eigenvalue weighted by Crippen LogP contribution is 2.28. The quantitative estimate of drug-likeness (QED) is 0.269. The molecule has 0 aromatic heterocycles. The van der Waals surface area contributed by atoms with Crippen LogP contribution in [0.1, 0.15) is 6.92 Å². The molecule has 0 amide bonds. The Morgan fingerprint density at radius 1 is 0.818 bits per heavy atom. The van der Waals surface area contributed by atoms with Gasteiger partial charge in [0.1, 0.15) is 42.7 Å². The van der Waals surface area contributed by atoms with Crippen LogP contribution in [0, 0.1) is 0 Å². The zero-order chi connectivity index (χ0) is 16.6. The first-order chi connectivity index (χ1) is 10.3. The van der Waals surface area contributed by atoms with Crippen LogP contribution in [0.4, 0.5) is 0 Å². The molecule has 10 atom stereocenters. The lowest BCUT2D eigenvalue weighted by Crippen LogP contribution is -2.63. The summed E-state index contributed by atoms with van der Waals surface area (Å²) in [6.45, 7) is 0.821. The van der Waals surface area contributed by atoms with Crippen molar-refractivity contribution in [2.24, 2.45) is 0 Å². The molecule has 22 heavy (non-hydrogen) atoms. The Bertz CT molecular complexity index is 366. The fourth-order valence-electron chi connectivity index (χ4n) is 2.52. The summed E-state index contributed by atoms with van der Waals surface area (Å²) < 4.78 is 15.4. The van der Waals surface area contributed by atoms with E-state index in [1.807, 2.05) is 0 Å². The third-order valence-corrected chi connectivity index (χ3v) is 3.94. The molecular formula is C12H22O10. The Morgan fingerprint density at radius 3 is 2.05 bits per heavy atom. The topological polar surface area (TPSA) is 169 Å². The summed E-state index contributed by atoms with van der Waals surface area (Å²) in [7, 11) is 0. The molecule has 10 heteroatoms. The third kappa shape index (κ3) is 3.26. The van der Waals surface area contributed by atoms with E-state index in [9.17, 15) is 35.7 Å². The van der Waals surface area contributed by atoms with Crippen LogP contribution in [0.3, 0.4) is 0 Å². The normalized spacial score (nSPS) is 53.5. The molecule has 0 aromatic rings. The Kier molecular flexibility index (Phi) is 5.72. The molecule has 2 aliphatic rings. The van der Waals surface area contributed by atoms with Crippen LogP contribution in [-0.4, -0.2) is 104 Å². The van der Waals surface area contributed by atoms with Crippen molar-refractivity contribution in [3.8, 4) is 0 Å². The van der Waals surface area contributed by atoms with Crippen LogP contribution >= 0.6 is 0 Å². The average molecular weight is 326 g/mol. The van der Waals surface area contributed by atoms with E-state index in [1.54, 1.807) is 0 Å². The van der Waals surface area contributed by atoms with Gasteiger partial charge >= 0.3 is 0 Å². The molecule has 2 heterocycles. The Hall–Kier alpha value is -0.400. The van der Waals surface area contributed by atoms with Crippen molar-refractivity contribution in [2.75, 3.05) is 6.61 Å². The van der Waals surface area contributed by atoms with Crippen molar-refractivity contribution in [1.82, 2.24) is 0 Å². The molecule has 10 nitrogen and oxygen atoms in total. The Labute approximate surface area is 126 Å². The molecular weight excluding hydrogens is 304 g/mol. The minimum Gasteiger partial charge on any atom is -0.394 e. The molecule has 2 rings (SSSR count). The molecule has 0 saturated carbocycles. The van der Waals surface area contributed by atoms with E-state index in [4.69, 9.17) is 14.2 Å². The van der Waals surface area contributed by atoms with E-state index >= 15 is 0 Å². The van der Waals surface area contributed by atoms with Gasteiger partial charge in [-0.2, -0.15) is 0 Å². The van der Waals surface area contributed by atoms with Gasteiger partial charge in [0.15, 0.2) is 12.6 Å². The molecule has 2 aliphatic heterocycles. The van der Waals surface area contributed by atoms with Gasteiger partial charge in [-0.05, 0) is 6.92 Å². The van der Waals surface area contributed by atoms with Gasteiger partial charge in [-0.25, -0.2) is 0 Å². The second-order valence-electron chi connectivity index (χ2n) is 5.51. The Balaban J connectivity index is 2.10. The van der Waals surface area contributed by atoms with Gasteiger partial charge in [0.2, 0.25) is 0 Å². The van der Waals surface area contributed by atoms with Crippen molar-refractivity contribution in [3.05, 3.63) is 0 Å². The standard InChI is InChI=1S/C12H22O10/c1-3-5(14)6(15)9(18)12(20-3)22-10-4(2-13)21-11(19)8(17)7(10)16/h3-19H,2H2,1H3/t3-,4+,5+,6+,7+,8+,9-,10-,11?,12-/m0/s1. The summed E-state index contributed by atoms with van der Waals surface area (Å²) >= 11 is 0. The average Bonchev–Trinajstić information content (AvgIpc) is 2.50. The number of hydrogen-bond acceptors (Lipinski definition) is 10. The van der Waals surface area contributed by atoms with Gasteiger partial charge < -0.3 is 50.0 Å². The van der Waals surface area contributed by atoms with Crippen LogP contribution in [-0.2, 0) is 14.2 Å². The highest BCUT2D eigenvalue weighted by molar-refractivity contribution is 4.93. The smallest absolute Gasteiger partial charge is 0.187 e. The fourth-order valence-corrected chi connectivity index (χ4v) is 2.52. The van der Waals surface area contributed by atoms with Gasteiger partial charge in [0, 0.05) is 0 Å². The second kappa shape index (κ2) is 7.01. The molecule has 2 saturated heterocycles. The highest BCUT2D eigenvalue weighted by Gasteiger charge is 2.49. The van der Waals surface area contributed by atoms with E-state index in [2.05, 4.69) is 0 Å². The van der Waals surface area contributed by atoms with Crippen LogP contribution < -0.4 is 0 Å². The number of aliphatic hydroxyl groups excluding tert-OH is 7.